The quantitative estimate of drug-likeness (QED) is 0.729. The van der Waals surface area contributed by atoms with Gasteiger partial charge in [-0.1, -0.05) is 0 Å². The van der Waals surface area contributed by atoms with Gasteiger partial charge in [-0.25, -0.2) is 0 Å². The summed E-state index contributed by atoms with van der Waals surface area (Å²) in [7, 11) is 0. The minimum absolute atomic E-state index is 0.108. The zero-order valence-corrected chi connectivity index (χ0v) is 15.2. The van der Waals surface area contributed by atoms with E-state index >= 15 is 0 Å². The van der Waals surface area contributed by atoms with Crippen molar-refractivity contribution in [3.05, 3.63) is 66.2 Å². The second-order valence-corrected chi connectivity index (χ2v) is 8.59. The van der Waals surface area contributed by atoms with Gasteiger partial charge >= 0.3 is 152 Å². The monoisotopic (exact) mass is 408 g/mol. The molecule has 132 valence electrons. The molecule has 0 unspecified atom stereocenters. The van der Waals surface area contributed by atoms with Crippen molar-refractivity contribution in [2.45, 2.75) is 35.7 Å². The summed E-state index contributed by atoms with van der Waals surface area (Å²) in [6.45, 7) is 0.329. The molecule has 6 heteroatoms. The first-order valence-corrected chi connectivity index (χ1v) is 10.1. The number of fused-ring (bicyclic) bond motifs is 1. The third-order valence-corrected chi connectivity index (χ3v) is 6.85. The van der Waals surface area contributed by atoms with Gasteiger partial charge in [-0.15, -0.1) is 0 Å². The van der Waals surface area contributed by atoms with Gasteiger partial charge < -0.3 is 0 Å². The standard InChI is InChI=1S/C19H20O5Se/c20-15-16(21)19(25-13-9-5-2-6-10-13)23-14-11-22-18(24-17(14)15)12-7-3-1-4-8-12/h1-10,14-21H,11H2/t14-,15-,16+,17-,18-,19-/m1/s1. The number of ether oxygens (including phenoxy) is 3. The Kier molecular flexibility index (Phi) is 5.20. The SMILES string of the molecule is O[C@@H]1[C@H](O)[C@@H]([Se]c2ccccc2)O[C@@H]2CO[C@@H](c3ccccc3)O[C@@H]12. The maximum atomic E-state index is 10.6. The van der Waals surface area contributed by atoms with Crippen LogP contribution < -0.4 is 4.46 Å². The van der Waals surface area contributed by atoms with Crippen molar-refractivity contribution >= 4 is 19.4 Å². The van der Waals surface area contributed by atoms with E-state index in [1.807, 2.05) is 60.7 Å². The molecule has 2 aromatic rings. The van der Waals surface area contributed by atoms with Crippen molar-refractivity contribution < 1.29 is 24.4 Å². The fraction of sp³-hybridized carbons (Fsp3) is 0.368. The molecular weight excluding hydrogens is 387 g/mol. The van der Waals surface area contributed by atoms with Crippen molar-refractivity contribution in [2.24, 2.45) is 0 Å². The molecule has 2 aliphatic rings. The van der Waals surface area contributed by atoms with Crippen LogP contribution in [0, 0.1) is 0 Å². The van der Waals surface area contributed by atoms with Crippen molar-refractivity contribution in [1.29, 1.82) is 0 Å². The average molecular weight is 407 g/mol. The molecular formula is C19H20O5Se. The molecule has 0 aromatic heterocycles. The van der Waals surface area contributed by atoms with Gasteiger partial charge in [0.05, 0.1) is 0 Å². The van der Waals surface area contributed by atoms with E-state index in [2.05, 4.69) is 0 Å². The molecule has 0 radical (unpaired) electrons. The molecule has 25 heavy (non-hydrogen) atoms. The number of rotatable bonds is 3. The van der Waals surface area contributed by atoms with Gasteiger partial charge in [0.1, 0.15) is 0 Å². The predicted octanol–water partition coefficient (Wildman–Crippen LogP) is 0.577. The van der Waals surface area contributed by atoms with Gasteiger partial charge in [-0.3, -0.25) is 0 Å². The Hall–Kier alpha value is -1.24. The van der Waals surface area contributed by atoms with E-state index in [4.69, 9.17) is 14.2 Å². The number of hydrogen-bond acceptors (Lipinski definition) is 5. The van der Waals surface area contributed by atoms with Crippen LogP contribution in [-0.4, -0.2) is 61.2 Å². The van der Waals surface area contributed by atoms with Gasteiger partial charge in [-0.05, 0) is 0 Å². The molecule has 2 fully saturated rings. The summed E-state index contributed by atoms with van der Waals surface area (Å²) in [4.78, 5) is 0. The van der Waals surface area contributed by atoms with E-state index in [1.54, 1.807) is 0 Å². The van der Waals surface area contributed by atoms with Crippen LogP contribution in [-0.2, 0) is 14.2 Å². The Morgan fingerprint density at radius 3 is 2.24 bits per heavy atom. The topological polar surface area (TPSA) is 68.2 Å². The molecule has 2 aliphatic heterocycles. The summed E-state index contributed by atoms with van der Waals surface area (Å²) >= 11 is -0.108. The predicted molar refractivity (Wildman–Crippen MR) is 92.5 cm³/mol. The summed E-state index contributed by atoms with van der Waals surface area (Å²) < 4.78 is 18.8. The molecule has 2 aromatic carbocycles. The average Bonchev–Trinajstić information content (AvgIpc) is 2.67. The van der Waals surface area contributed by atoms with Crippen molar-refractivity contribution in [3.8, 4) is 0 Å². The first-order valence-electron chi connectivity index (χ1n) is 8.28. The van der Waals surface area contributed by atoms with Gasteiger partial charge in [0.2, 0.25) is 0 Å². The van der Waals surface area contributed by atoms with Crippen LogP contribution in [0.25, 0.3) is 0 Å². The molecule has 0 aliphatic carbocycles. The first kappa shape index (κ1) is 17.2. The number of benzene rings is 2. The van der Waals surface area contributed by atoms with E-state index in [0.717, 1.165) is 10.0 Å². The Labute approximate surface area is 152 Å². The zero-order chi connectivity index (χ0) is 17.2. The Bertz CT molecular complexity index is 681. The van der Waals surface area contributed by atoms with Crippen LogP contribution in [0.4, 0.5) is 0 Å². The maximum absolute atomic E-state index is 10.6. The fourth-order valence-electron chi connectivity index (χ4n) is 3.09. The van der Waals surface area contributed by atoms with Crippen LogP contribution in [0.3, 0.4) is 0 Å². The fourth-order valence-corrected chi connectivity index (χ4v) is 5.36. The third kappa shape index (κ3) is 3.66. The summed E-state index contributed by atoms with van der Waals surface area (Å²) in [5, 5.41) is 20.7. The molecule has 0 amide bonds. The van der Waals surface area contributed by atoms with Crippen molar-refractivity contribution in [2.75, 3.05) is 6.61 Å². The molecule has 0 bridgehead atoms. The van der Waals surface area contributed by atoms with Crippen LogP contribution in [0.15, 0.2) is 60.7 Å². The summed E-state index contributed by atoms with van der Waals surface area (Å²) in [5.41, 5.74) is 0.887. The van der Waals surface area contributed by atoms with Crippen LogP contribution in [0.5, 0.6) is 0 Å². The van der Waals surface area contributed by atoms with E-state index in [9.17, 15) is 10.2 Å². The Morgan fingerprint density at radius 1 is 0.840 bits per heavy atom. The third-order valence-electron chi connectivity index (χ3n) is 4.40. The molecule has 2 N–H and O–H groups in total. The molecule has 2 saturated heterocycles. The van der Waals surface area contributed by atoms with Crippen molar-refractivity contribution in [3.63, 3.8) is 0 Å². The molecule has 5 nitrogen and oxygen atoms in total. The number of aliphatic hydroxyl groups is 2. The van der Waals surface area contributed by atoms with E-state index < -0.39 is 29.6 Å². The van der Waals surface area contributed by atoms with E-state index in [0.29, 0.717) is 6.61 Å². The van der Waals surface area contributed by atoms with Crippen molar-refractivity contribution in [1.82, 2.24) is 0 Å². The van der Waals surface area contributed by atoms with E-state index in [-0.39, 0.29) is 21.1 Å². The number of hydrogen-bond donors (Lipinski definition) is 2. The van der Waals surface area contributed by atoms with Crippen LogP contribution in [0.1, 0.15) is 11.9 Å². The second-order valence-electron chi connectivity index (χ2n) is 6.13. The Morgan fingerprint density at radius 2 is 1.52 bits per heavy atom. The minimum atomic E-state index is -0.996. The summed E-state index contributed by atoms with van der Waals surface area (Å²) in [6, 6.07) is 19.5. The van der Waals surface area contributed by atoms with Crippen LogP contribution in [0.2, 0.25) is 0 Å². The Balaban J connectivity index is 1.46. The van der Waals surface area contributed by atoms with Gasteiger partial charge in [-0.2, -0.15) is 0 Å². The normalized spacial score (nSPS) is 35.1. The first-order chi connectivity index (χ1) is 12.2. The zero-order valence-electron chi connectivity index (χ0n) is 13.5. The van der Waals surface area contributed by atoms with E-state index in [1.165, 1.54) is 0 Å². The number of aliphatic hydroxyl groups excluding tert-OH is 2. The molecule has 2 heterocycles. The van der Waals surface area contributed by atoms with Gasteiger partial charge in [0, 0.05) is 0 Å². The molecule has 0 saturated carbocycles. The second kappa shape index (κ2) is 7.56. The van der Waals surface area contributed by atoms with Crippen LogP contribution >= 0.6 is 0 Å². The molecule has 4 rings (SSSR count). The van der Waals surface area contributed by atoms with Gasteiger partial charge in [0.25, 0.3) is 0 Å². The molecule has 6 atom stereocenters. The summed E-state index contributed by atoms with van der Waals surface area (Å²) in [6.07, 6.45) is -3.50. The molecule has 0 spiro atoms. The summed E-state index contributed by atoms with van der Waals surface area (Å²) in [5.74, 6) is 0. The van der Waals surface area contributed by atoms with Gasteiger partial charge in [0.15, 0.2) is 0 Å².